The van der Waals surface area contributed by atoms with E-state index in [1.54, 1.807) is 5.57 Å². The second-order valence-electron chi connectivity index (χ2n) is 14.0. The summed E-state index contributed by atoms with van der Waals surface area (Å²) in [4.78, 5) is 8.00. The zero-order chi connectivity index (χ0) is 43.7. The number of hydrogen-bond acceptors (Lipinski definition) is 2. The van der Waals surface area contributed by atoms with E-state index in [0.717, 1.165) is 37.1 Å². The number of allylic oxidation sites excluding steroid dienone is 7. The van der Waals surface area contributed by atoms with Gasteiger partial charge in [0.2, 0.25) is 0 Å². The average Bonchev–Trinajstić information content (AvgIpc) is 3.68. The van der Waals surface area contributed by atoms with Gasteiger partial charge in [-0.1, -0.05) is 210 Å². The van der Waals surface area contributed by atoms with Gasteiger partial charge in [-0.05, 0) is 90.3 Å². The molecule has 0 amide bonds. The van der Waals surface area contributed by atoms with Crippen LogP contribution < -0.4 is 5.32 Å². The van der Waals surface area contributed by atoms with Crippen molar-refractivity contribution in [2.75, 3.05) is 6.54 Å². The molecular weight excluding hydrogens is 679 g/mol. The second kappa shape index (κ2) is 33.9. The fourth-order valence-electron chi connectivity index (χ4n) is 5.74. The maximum atomic E-state index is 8.00. The second-order valence-corrected chi connectivity index (χ2v) is 14.0. The predicted molar refractivity (Wildman–Crippen MR) is 258 cm³/mol. The first-order chi connectivity index (χ1) is 27.0. The van der Waals surface area contributed by atoms with Crippen LogP contribution in [0.15, 0.2) is 134 Å². The number of benzene rings is 3. The minimum atomic E-state index is 0.182. The van der Waals surface area contributed by atoms with E-state index in [1.165, 1.54) is 63.8 Å². The third kappa shape index (κ3) is 21.0. The molecule has 0 bridgehead atoms. The van der Waals surface area contributed by atoms with E-state index in [9.17, 15) is 0 Å². The predicted octanol–water partition coefficient (Wildman–Crippen LogP) is 16.4. The Bertz CT molecular complexity index is 1540. The maximum Gasteiger partial charge on any atom is 0.106 e. The molecule has 0 spiro atoms. The molecule has 5 rings (SSSR count). The fourth-order valence-corrected chi connectivity index (χ4v) is 5.74. The Morgan fingerprint density at radius 3 is 1.75 bits per heavy atom. The lowest BCUT2D eigenvalue weighted by Gasteiger charge is -2.22. The number of carbonyl (C=O) groups is 1. The van der Waals surface area contributed by atoms with Gasteiger partial charge in [0.25, 0.3) is 0 Å². The third-order valence-corrected chi connectivity index (χ3v) is 8.58. The molecule has 310 valence electrons. The van der Waals surface area contributed by atoms with E-state index in [1.807, 2.05) is 48.3 Å². The van der Waals surface area contributed by atoms with Gasteiger partial charge >= 0.3 is 0 Å². The molecule has 0 saturated carbocycles. The van der Waals surface area contributed by atoms with Crippen molar-refractivity contribution >= 4 is 18.1 Å². The summed E-state index contributed by atoms with van der Waals surface area (Å²) >= 11 is 0. The number of carbonyl (C=O) groups excluding carboxylic acids is 1. The third-order valence-electron chi connectivity index (χ3n) is 8.58. The molecule has 1 unspecified atom stereocenters. The molecule has 2 aliphatic carbocycles. The largest absolute Gasteiger partial charge is 0.385 e. The Labute approximate surface area is 347 Å². The van der Waals surface area contributed by atoms with Crippen molar-refractivity contribution in [3.63, 3.8) is 0 Å². The van der Waals surface area contributed by atoms with E-state index in [-0.39, 0.29) is 5.41 Å². The summed E-state index contributed by atoms with van der Waals surface area (Å²) in [7, 11) is 0. The number of rotatable bonds is 9. The lowest BCUT2D eigenvalue weighted by molar-refractivity contribution is -0.0980. The van der Waals surface area contributed by atoms with Gasteiger partial charge in [-0.3, -0.25) is 0 Å². The van der Waals surface area contributed by atoms with Gasteiger partial charge in [-0.2, -0.15) is 0 Å². The minimum absolute atomic E-state index is 0.182. The normalized spacial score (nSPS) is 12.1. The maximum absolute atomic E-state index is 8.00. The van der Waals surface area contributed by atoms with Crippen LogP contribution in [0.5, 0.6) is 0 Å². The van der Waals surface area contributed by atoms with Gasteiger partial charge < -0.3 is 10.1 Å². The van der Waals surface area contributed by atoms with Crippen LogP contribution in [0.4, 0.5) is 0 Å². The zero-order valence-electron chi connectivity index (χ0n) is 38.6. The Balaban J connectivity index is -0.000000819. The first-order valence-electron chi connectivity index (χ1n) is 21.2. The quantitative estimate of drug-likeness (QED) is 0.220. The molecule has 2 heteroatoms. The van der Waals surface area contributed by atoms with Crippen molar-refractivity contribution < 1.29 is 4.79 Å². The van der Waals surface area contributed by atoms with Crippen LogP contribution >= 0.6 is 0 Å². The summed E-state index contributed by atoms with van der Waals surface area (Å²) < 4.78 is 0. The fraction of sp³-hybridized carbons (Fsp3) is 0.426. The van der Waals surface area contributed by atoms with Crippen molar-refractivity contribution in [2.24, 2.45) is 0 Å². The van der Waals surface area contributed by atoms with Crippen molar-refractivity contribution in [1.82, 2.24) is 5.32 Å². The van der Waals surface area contributed by atoms with E-state index < -0.39 is 0 Å². The van der Waals surface area contributed by atoms with Crippen LogP contribution in [0.25, 0.3) is 11.3 Å². The summed E-state index contributed by atoms with van der Waals surface area (Å²) in [6.45, 7) is 46.8. The van der Waals surface area contributed by atoms with Crippen molar-refractivity contribution in [3.8, 4) is 0 Å². The SMILES string of the molecule is C=C.C=C(NCCC)c1ccc(CC(C(=C)C)c2ccc(C(C)(C)C)cc2)cc1.C=O.CC.CC.CC.CCC.Cc1ccc(C2=CC3=C(CCC=C3)C2)cc1. The molecule has 2 nitrogen and oxygen atoms in total. The molecule has 3 aromatic rings. The lowest BCUT2D eigenvalue weighted by Crippen LogP contribution is -2.12. The first kappa shape index (κ1) is 55.9. The molecule has 1 N–H and O–H groups in total. The number of nitrogens with one attached hydrogen (secondary N) is 1. The topological polar surface area (TPSA) is 29.1 Å². The molecule has 0 saturated heterocycles. The van der Waals surface area contributed by atoms with E-state index in [2.05, 4.69) is 178 Å². The zero-order valence-corrected chi connectivity index (χ0v) is 38.6. The van der Waals surface area contributed by atoms with Crippen LogP contribution in [0, 0.1) is 6.92 Å². The van der Waals surface area contributed by atoms with Crippen molar-refractivity contribution in [3.05, 3.63) is 167 Å². The molecule has 2 aliphatic rings. The van der Waals surface area contributed by atoms with Gasteiger partial charge in [0.15, 0.2) is 0 Å². The molecule has 0 fully saturated rings. The highest BCUT2D eigenvalue weighted by molar-refractivity contribution is 5.76. The van der Waals surface area contributed by atoms with Gasteiger partial charge in [-0.15, -0.1) is 13.2 Å². The summed E-state index contributed by atoms with van der Waals surface area (Å²) in [6, 6.07) is 26.7. The first-order valence-corrected chi connectivity index (χ1v) is 21.2. The lowest BCUT2D eigenvalue weighted by atomic mass is 9.83. The Morgan fingerprint density at radius 2 is 1.30 bits per heavy atom. The standard InChI is InChI=1S/C26H35N.C16H16.C3H8.3C2H6.C2H4.CH2O/c1-8-17-27-20(4)22-11-9-21(10-12-22)18-25(19(2)3)23-13-15-24(16-14-23)26(5,6)7;1-12-6-8-13(9-7-12)16-10-14-4-2-3-5-15(14)11-16;1-3-2;5*1-2/h9-16,25,27H,2,4,8,17-18H2,1,3,5-7H3;2,4,6-10H,3,5,11H2,1H3;3H2,1-2H3;3*1-2H3;1-2H2;1H2. The number of hydrogen-bond donors (Lipinski definition) is 1. The molecule has 56 heavy (non-hydrogen) atoms. The average molecular weight is 762 g/mol. The van der Waals surface area contributed by atoms with E-state index >= 15 is 0 Å². The monoisotopic (exact) mass is 762 g/mol. The van der Waals surface area contributed by atoms with E-state index in [4.69, 9.17) is 4.79 Å². The molecule has 0 aliphatic heterocycles. The molecule has 0 aromatic heterocycles. The molecule has 3 aromatic carbocycles. The van der Waals surface area contributed by atoms with Gasteiger partial charge in [0.05, 0.1) is 0 Å². The Hall–Kier alpha value is -4.43. The Kier molecular flexibility index (Phi) is 33.8. The van der Waals surface area contributed by atoms with Crippen LogP contribution in [0.1, 0.15) is 161 Å². The highest BCUT2D eigenvalue weighted by atomic mass is 16.1. The van der Waals surface area contributed by atoms with E-state index in [0.29, 0.717) is 5.92 Å². The van der Waals surface area contributed by atoms with Crippen LogP contribution in [0.3, 0.4) is 0 Å². The summed E-state index contributed by atoms with van der Waals surface area (Å²) in [5.41, 5.74) is 14.9. The molecule has 0 radical (unpaired) electrons. The minimum Gasteiger partial charge on any atom is -0.385 e. The molecular formula is C54H83NO. The highest BCUT2D eigenvalue weighted by Gasteiger charge is 2.18. The van der Waals surface area contributed by atoms with Gasteiger partial charge in [0.1, 0.15) is 6.79 Å². The summed E-state index contributed by atoms with van der Waals surface area (Å²) in [5.74, 6) is 0.339. The molecule has 1 atom stereocenters. The number of aryl methyl sites for hydroxylation is 1. The highest BCUT2D eigenvalue weighted by Crippen LogP contribution is 2.37. The van der Waals surface area contributed by atoms with Crippen LogP contribution in [-0.2, 0) is 16.6 Å². The molecule has 0 heterocycles. The van der Waals surface area contributed by atoms with Crippen molar-refractivity contribution in [2.45, 2.75) is 147 Å². The van der Waals surface area contributed by atoms with Crippen molar-refractivity contribution in [1.29, 1.82) is 0 Å². The summed E-state index contributed by atoms with van der Waals surface area (Å²) in [5, 5.41) is 3.36. The van der Waals surface area contributed by atoms with Gasteiger partial charge in [-0.25, -0.2) is 0 Å². The van der Waals surface area contributed by atoms with Crippen LogP contribution in [0.2, 0.25) is 0 Å². The Morgan fingerprint density at radius 1 is 0.786 bits per heavy atom. The summed E-state index contributed by atoms with van der Waals surface area (Å²) in [6.07, 6.45) is 13.9. The van der Waals surface area contributed by atoms with Crippen LogP contribution in [-0.4, -0.2) is 13.3 Å². The van der Waals surface area contributed by atoms with Gasteiger partial charge in [0, 0.05) is 18.2 Å². The smallest absolute Gasteiger partial charge is 0.106 e.